The lowest BCUT2D eigenvalue weighted by Crippen LogP contribution is -2.49. The van der Waals surface area contributed by atoms with E-state index in [4.69, 9.17) is 4.74 Å². The number of ether oxygens (including phenoxy) is 1. The van der Waals surface area contributed by atoms with Crippen LogP contribution < -0.4 is 10.1 Å². The van der Waals surface area contributed by atoms with E-state index in [1.165, 1.54) is 5.56 Å². The summed E-state index contributed by atoms with van der Waals surface area (Å²) in [6.45, 7) is 7.92. The van der Waals surface area contributed by atoms with Crippen molar-refractivity contribution in [1.29, 1.82) is 0 Å². The highest BCUT2D eigenvalue weighted by Crippen LogP contribution is 2.24. The SMILES string of the molecule is CCOc1ccccc1NC(=O)N1CCN(Cc2nnnn2-c2ccc(C)cc2)CC1. The zero-order valence-electron chi connectivity index (χ0n) is 17.9. The van der Waals surface area contributed by atoms with Crippen molar-refractivity contribution < 1.29 is 9.53 Å². The molecule has 0 unspecified atom stereocenters. The van der Waals surface area contributed by atoms with E-state index in [9.17, 15) is 4.79 Å². The second-order valence-corrected chi connectivity index (χ2v) is 7.46. The molecule has 9 nitrogen and oxygen atoms in total. The highest BCUT2D eigenvalue weighted by Gasteiger charge is 2.23. The van der Waals surface area contributed by atoms with E-state index < -0.39 is 0 Å². The number of amides is 2. The number of nitrogens with one attached hydrogen (secondary N) is 1. The van der Waals surface area contributed by atoms with Crippen molar-refractivity contribution in [3.63, 3.8) is 0 Å². The summed E-state index contributed by atoms with van der Waals surface area (Å²) in [6.07, 6.45) is 0. The van der Waals surface area contributed by atoms with Crippen LogP contribution in [-0.4, -0.2) is 68.8 Å². The zero-order chi connectivity index (χ0) is 21.6. The van der Waals surface area contributed by atoms with E-state index in [1.54, 1.807) is 4.68 Å². The number of carbonyl (C=O) groups excluding carboxylic acids is 1. The van der Waals surface area contributed by atoms with Crippen LogP contribution in [-0.2, 0) is 6.54 Å². The number of benzene rings is 2. The zero-order valence-corrected chi connectivity index (χ0v) is 17.9. The van der Waals surface area contributed by atoms with Gasteiger partial charge in [-0.15, -0.1) is 5.10 Å². The predicted octanol–water partition coefficient (Wildman–Crippen LogP) is 2.72. The summed E-state index contributed by atoms with van der Waals surface area (Å²) in [7, 11) is 0. The topological polar surface area (TPSA) is 88.4 Å². The van der Waals surface area contributed by atoms with Crippen LogP contribution in [0.5, 0.6) is 5.75 Å². The van der Waals surface area contributed by atoms with Crippen LogP contribution in [0.15, 0.2) is 48.5 Å². The Morgan fingerprint density at radius 3 is 2.55 bits per heavy atom. The summed E-state index contributed by atoms with van der Waals surface area (Å²) >= 11 is 0. The molecule has 9 heteroatoms. The maximum atomic E-state index is 12.7. The minimum atomic E-state index is -0.115. The first kappa shape index (κ1) is 20.8. The van der Waals surface area contributed by atoms with Crippen molar-refractivity contribution in [2.45, 2.75) is 20.4 Å². The van der Waals surface area contributed by atoms with Gasteiger partial charge in [-0.1, -0.05) is 29.8 Å². The average molecular weight is 422 g/mol. The van der Waals surface area contributed by atoms with Gasteiger partial charge in [-0.05, 0) is 48.5 Å². The Hall–Kier alpha value is -3.46. The highest BCUT2D eigenvalue weighted by molar-refractivity contribution is 5.91. The third-order valence-corrected chi connectivity index (χ3v) is 5.27. The Bertz CT molecular complexity index is 1010. The van der Waals surface area contributed by atoms with Crippen LogP contribution in [0.25, 0.3) is 5.69 Å². The molecule has 0 bridgehead atoms. The molecule has 4 rings (SSSR count). The van der Waals surface area contributed by atoms with Gasteiger partial charge in [-0.25, -0.2) is 4.79 Å². The summed E-state index contributed by atoms with van der Waals surface area (Å²) in [5.74, 6) is 1.47. The lowest BCUT2D eigenvalue weighted by Gasteiger charge is -2.34. The Balaban J connectivity index is 1.33. The molecule has 1 aromatic heterocycles. The fourth-order valence-electron chi connectivity index (χ4n) is 3.55. The molecule has 1 aliphatic rings. The fourth-order valence-corrected chi connectivity index (χ4v) is 3.55. The van der Waals surface area contributed by atoms with Gasteiger partial charge in [0.05, 0.1) is 24.5 Å². The number of tetrazole rings is 1. The van der Waals surface area contributed by atoms with Crippen LogP contribution in [0.3, 0.4) is 0 Å². The molecule has 2 heterocycles. The third kappa shape index (κ3) is 5.00. The number of nitrogens with zero attached hydrogens (tertiary/aromatic N) is 6. The first-order chi connectivity index (χ1) is 15.1. The number of piperazine rings is 1. The van der Waals surface area contributed by atoms with E-state index in [1.807, 2.05) is 60.4 Å². The van der Waals surface area contributed by atoms with Crippen LogP contribution in [0.2, 0.25) is 0 Å². The van der Waals surface area contributed by atoms with Gasteiger partial charge in [0.15, 0.2) is 5.82 Å². The fraction of sp³-hybridized carbons (Fsp3) is 0.364. The molecular formula is C22H27N7O2. The number of aryl methyl sites for hydroxylation is 1. The van der Waals surface area contributed by atoms with Gasteiger partial charge in [-0.3, -0.25) is 4.90 Å². The molecule has 162 valence electrons. The maximum absolute atomic E-state index is 12.7. The summed E-state index contributed by atoms with van der Waals surface area (Å²) in [6, 6.07) is 15.5. The van der Waals surface area contributed by atoms with Gasteiger partial charge < -0.3 is 15.0 Å². The quantitative estimate of drug-likeness (QED) is 0.658. The smallest absolute Gasteiger partial charge is 0.322 e. The summed E-state index contributed by atoms with van der Waals surface area (Å²) in [5.41, 5.74) is 2.82. The molecule has 3 aromatic rings. The van der Waals surface area contributed by atoms with Crippen molar-refractivity contribution >= 4 is 11.7 Å². The maximum Gasteiger partial charge on any atom is 0.322 e. The number of urea groups is 1. The lowest BCUT2D eigenvalue weighted by molar-refractivity contribution is 0.140. The van der Waals surface area contributed by atoms with Gasteiger partial charge in [-0.2, -0.15) is 4.68 Å². The Morgan fingerprint density at radius 2 is 1.81 bits per heavy atom. The first-order valence-corrected chi connectivity index (χ1v) is 10.5. The number of aromatic nitrogens is 4. The van der Waals surface area contributed by atoms with Crippen LogP contribution in [0.4, 0.5) is 10.5 Å². The molecule has 0 aliphatic carbocycles. The average Bonchev–Trinajstić information content (AvgIpc) is 3.24. The van der Waals surface area contributed by atoms with Gasteiger partial charge in [0.1, 0.15) is 5.75 Å². The largest absolute Gasteiger partial charge is 0.492 e. The minimum Gasteiger partial charge on any atom is -0.492 e. The van der Waals surface area contributed by atoms with Crippen molar-refractivity contribution in [2.75, 3.05) is 38.1 Å². The Morgan fingerprint density at radius 1 is 1.06 bits per heavy atom. The predicted molar refractivity (Wildman–Crippen MR) is 117 cm³/mol. The molecule has 1 fully saturated rings. The normalized spacial score (nSPS) is 14.5. The van der Waals surface area contributed by atoms with Crippen molar-refractivity contribution in [1.82, 2.24) is 30.0 Å². The number of hydrogen-bond acceptors (Lipinski definition) is 6. The number of carbonyl (C=O) groups is 1. The molecule has 0 saturated carbocycles. The van der Waals surface area contributed by atoms with Crippen molar-refractivity contribution in [2.24, 2.45) is 0 Å². The van der Waals surface area contributed by atoms with E-state index in [-0.39, 0.29) is 6.03 Å². The van der Waals surface area contributed by atoms with Crippen LogP contribution in [0, 0.1) is 6.92 Å². The molecule has 2 aromatic carbocycles. The Labute approximate surface area is 181 Å². The Kier molecular flexibility index (Phi) is 6.42. The molecule has 2 amide bonds. The number of hydrogen-bond donors (Lipinski definition) is 1. The van der Waals surface area contributed by atoms with E-state index in [0.29, 0.717) is 37.7 Å². The van der Waals surface area contributed by atoms with E-state index in [0.717, 1.165) is 24.6 Å². The van der Waals surface area contributed by atoms with Gasteiger partial charge >= 0.3 is 6.03 Å². The number of para-hydroxylation sites is 2. The summed E-state index contributed by atoms with van der Waals surface area (Å²) in [5, 5.41) is 15.2. The summed E-state index contributed by atoms with van der Waals surface area (Å²) < 4.78 is 7.36. The van der Waals surface area contributed by atoms with Gasteiger partial charge in [0, 0.05) is 26.2 Å². The summed E-state index contributed by atoms with van der Waals surface area (Å²) in [4.78, 5) is 16.8. The molecule has 0 atom stereocenters. The third-order valence-electron chi connectivity index (χ3n) is 5.27. The lowest BCUT2D eigenvalue weighted by atomic mass is 10.2. The van der Waals surface area contributed by atoms with Gasteiger partial charge in [0.2, 0.25) is 0 Å². The monoisotopic (exact) mass is 421 g/mol. The molecule has 1 aliphatic heterocycles. The molecule has 0 spiro atoms. The van der Waals surface area contributed by atoms with Crippen LogP contribution in [0.1, 0.15) is 18.3 Å². The molecule has 1 N–H and O–H groups in total. The van der Waals surface area contributed by atoms with E-state index >= 15 is 0 Å². The van der Waals surface area contributed by atoms with E-state index in [2.05, 4.69) is 32.7 Å². The standard InChI is InChI=1S/C22H27N7O2/c1-3-31-20-7-5-4-6-19(20)23-22(30)28-14-12-27(13-15-28)16-21-24-25-26-29(21)18-10-8-17(2)9-11-18/h4-11H,3,12-16H2,1-2H3,(H,23,30). The number of anilines is 1. The van der Waals surface area contributed by atoms with Gasteiger partial charge in [0.25, 0.3) is 0 Å². The van der Waals surface area contributed by atoms with Crippen molar-refractivity contribution in [3.8, 4) is 11.4 Å². The first-order valence-electron chi connectivity index (χ1n) is 10.5. The molecule has 1 saturated heterocycles. The second kappa shape index (κ2) is 9.57. The molecular weight excluding hydrogens is 394 g/mol. The number of rotatable bonds is 6. The minimum absolute atomic E-state index is 0.115. The molecule has 0 radical (unpaired) electrons. The van der Waals surface area contributed by atoms with Crippen molar-refractivity contribution in [3.05, 3.63) is 59.9 Å². The highest BCUT2D eigenvalue weighted by atomic mass is 16.5. The molecule has 31 heavy (non-hydrogen) atoms. The van der Waals surface area contributed by atoms with Crippen LogP contribution >= 0.6 is 0 Å². The second-order valence-electron chi connectivity index (χ2n) is 7.46.